The molecule has 0 saturated carbocycles. The Bertz CT molecular complexity index is 1010. The molecule has 1 amide bonds. The van der Waals surface area contributed by atoms with Gasteiger partial charge in [-0.2, -0.15) is 0 Å². The van der Waals surface area contributed by atoms with Crippen LogP contribution in [0.4, 0.5) is 5.82 Å². The van der Waals surface area contributed by atoms with Crippen molar-refractivity contribution in [2.24, 2.45) is 0 Å². The predicted molar refractivity (Wildman–Crippen MR) is 102 cm³/mol. The first kappa shape index (κ1) is 18.2. The molecule has 3 aromatic rings. The van der Waals surface area contributed by atoms with E-state index in [1.165, 1.54) is 6.20 Å². The van der Waals surface area contributed by atoms with Crippen molar-refractivity contribution in [1.82, 2.24) is 4.98 Å². The average molecular weight is 389 g/mol. The number of fused-ring (bicyclic) bond motifs is 1. The first-order valence-electron chi connectivity index (χ1n) is 7.72. The summed E-state index contributed by atoms with van der Waals surface area (Å²) in [6.45, 7) is 1.26. The van der Waals surface area contributed by atoms with Crippen LogP contribution < -0.4 is 5.32 Å². The number of nitrogens with one attached hydrogen (secondary N) is 1. The van der Waals surface area contributed by atoms with Crippen LogP contribution in [0.15, 0.2) is 48.7 Å². The Kier molecular flexibility index (Phi) is 5.40. The van der Waals surface area contributed by atoms with Crippen LogP contribution in [0.3, 0.4) is 0 Å². The van der Waals surface area contributed by atoms with Gasteiger partial charge < -0.3 is 10.1 Å². The number of nitrogens with zero attached hydrogens (tertiary/aromatic N) is 1. The van der Waals surface area contributed by atoms with E-state index in [1.54, 1.807) is 19.1 Å². The summed E-state index contributed by atoms with van der Waals surface area (Å²) < 4.78 is 5.06. The first-order chi connectivity index (χ1) is 12.5. The van der Waals surface area contributed by atoms with Gasteiger partial charge in [0.25, 0.3) is 5.91 Å². The van der Waals surface area contributed by atoms with E-state index in [0.717, 1.165) is 10.8 Å². The molecule has 0 unspecified atom stereocenters. The lowest BCUT2D eigenvalue weighted by Crippen LogP contribution is -2.21. The lowest BCUT2D eigenvalue weighted by Gasteiger charge is -2.09. The molecule has 1 N–H and O–H groups in total. The Morgan fingerprint density at radius 1 is 1.12 bits per heavy atom. The Labute approximate surface area is 159 Å². The molecule has 0 aliphatic rings. The summed E-state index contributed by atoms with van der Waals surface area (Å²) in [5, 5.41) is 5.07. The van der Waals surface area contributed by atoms with Gasteiger partial charge in [0.05, 0.1) is 15.6 Å². The van der Waals surface area contributed by atoms with E-state index in [9.17, 15) is 9.59 Å². The molecule has 132 valence electrons. The van der Waals surface area contributed by atoms with Gasteiger partial charge in [0, 0.05) is 6.20 Å². The lowest BCUT2D eigenvalue weighted by molar-refractivity contribution is -0.119. The van der Waals surface area contributed by atoms with E-state index in [0.29, 0.717) is 16.1 Å². The summed E-state index contributed by atoms with van der Waals surface area (Å²) in [5.74, 6) is -0.965. The smallest absolute Gasteiger partial charge is 0.338 e. The number of hydrogen-bond acceptors (Lipinski definition) is 4. The number of aromatic nitrogens is 1. The van der Waals surface area contributed by atoms with Crippen molar-refractivity contribution in [1.29, 1.82) is 0 Å². The van der Waals surface area contributed by atoms with Crippen LogP contribution in [-0.4, -0.2) is 23.5 Å². The summed E-state index contributed by atoms with van der Waals surface area (Å²) in [7, 11) is 0. The van der Waals surface area contributed by atoms with Gasteiger partial charge in [0.2, 0.25) is 0 Å². The van der Waals surface area contributed by atoms with Crippen LogP contribution in [0, 0.1) is 6.92 Å². The van der Waals surface area contributed by atoms with Crippen LogP contribution in [0.5, 0.6) is 0 Å². The Morgan fingerprint density at radius 3 is 2.62 bits per heavy atom. The summed E-state index contributed by atoms with van der Waals surface area (Å²) in [6, 6.07) is 12.8. The Hall–Kier alpha value is -2.63. The van der Waals surface area contributed by atoms with E-state index in [-0.39, 0.29) is 10.8 Å². The van der Waals surface area contributed by atoms with E-state index in [4.69, 9.17) is 27.9 Å². The Balaban J connectivity index is 1.63. The Morgan fingerprint density at radius 2 is 1.85 bits per heavy atom. The van der Waals surface area contributed by atoms with Crippen LogP contribution in [0.1, 0.15) is 15.9 Å². The largest absolute Gasteiger partial charge is 0.452 e. The molecule has 0 radical (unpaired) electrons. The monoisotopic (exact) mass is 388 g/mol. The zero-order valence-corrected chi connectivity index (χ0v) is 15.3. The van der Waals surface area contributed by atoms with E-state index in [1.807, 2.05) is 30.3 Å². The maximum Gasteiger partial charge on any atom is 0.338 e. The fourth-order valence-corrected chi connectivity index (χ4v) is 2.73. The zero-order valence-electron chi connectivity index (χ0n) is 13.8. The van der Waals surface area contributed by atoms with Crippen molar-refractivity contribution >= 4 is 51.7 Å². The first-order valence-corrected chi connectivity index (χ1v) is 8.47. The highest BCUT2D eigenvalue weighted by Crippen LogP contribution is 2.28. The number of hydrogen-bond donors (Lipinski definition) is 1. The highest BCUT2D eigenvalue weighted by atomic mass is 35.5. The zero-order chi connectivity index (χ0) is 18.7. The summed E-state index contributed by atoms with van der Waals surface area (Å²) in [6.07, 6.45) is 1.39. The van der Waals surface area contributed by atoms with Crippen LogP contribution >= 0.6 is 23.2 Å². The van der Waals surface area contributed by atoms with Crippen molar-refractivity contribution in [2.45, 2.75) is 6.92 Å². The van der Waals surface area contributed by atoms with Crippen molar-refractivity contribution in [3.8, 4) is 0 Å². The molecule has 3 rings (SSSR count). The molecule has 1 aromatic heterocycles. The number of amides is 1. The fourth-order valence-electron chi connectivity index (χ4n) is 2.34. The number of carbonyl (C=O) groups excluding carboxylic acids is 2. The lowest BCUT2D eigenvalue weighted by atomic mass is 10.1. The van der Waals surface area contributed by atoms with Crippen LogP contribution in [0.2, 0.25) is 10.0 Å². The molecule has 0 bridgehead atoms. The number of rotatable bonds is 4. The van der Waals surface area contributed by atoms with Crippen molar-refractivity contribution in [2.75, 3.05) is 11.9 Å². The second-order valence-corrected chi connectivity index (χ2v) is 6.37. The standard InChI is InChI=1S/C19H14Cl2N2O3/c1-11-15(20)9-22-18(17(11)21)23-16(24)10-26-19(25)14-7-6-12-4-2-3-5-13(12)8-14/h2-9H,10H2,1H3,(H,22,23,24). The maximum absolute atomic E-state index is 12.1. The van der Waals surface area contributed by atoms with Gasteiger partial charge in [0.1, 0.15) is 0 Å². The van der Waals surface area contributed by atoms with Gasteiger partial charge >= 0.3 is 5.97 Å². The number of benzene rings is 2. The minimum atomic E-state index is -0.586. The number of halogens is 2. The maximum atomic E-state index is 12.1. The van der Waals surface area contributed by atoms with Gasteiger partial charge in [-0.3, -0.25) is 4.79 Å². The predicted octanol–water partition coefficient (Wildman–Crippen LogP) is 4.65. The number of carbonyl (C=O) groups is 2. The average Bonchev–Trinajstić information content (AvgIpc) is 2.66. The molecular formula is C19H14Cl2N2O3. The van der Waals surface area contributed by atoms with E-state index in [2.05, 4.69) is 10.3 Å². The van der Waals surface area contributed by atoms with Gasteiger partial charge in [-0.25, -0.2) is 9.78 Å². The number of anilines is 1. The highest BCUT2D eigenvalue weighted by molar-refractivity contribution is 6.37. The van der Waals surface area contributed by atoms with Crippen molar-refractivity contribution < 1.29 is 14.3 Å². The van der Waals surface area contributed by atoms with Gasteiger partial charge in [-0.05, 0) is 35.4 Å². The van der Waals surface area contributed by atoms with E-state index >= 15 is 0 Å². The number of esters is 1. The normalized spacial score (nSPS) is 10.6. The van der Waals surface area contributed by atoms with Gasteiger partial charge in [-0.15, -0.1) is 0 Å². The molecule has 5 nitrogen and oxygen atoms in total. The molecule has 0 fully saturated rings. The molecular weight excluding hydrogens is 375 g/mol. The molecule has 0 atom stereocenters. The number of ether oxygens (including phenoxy) is 1. The minimum absolute atomic E-state index is 0.167. The second kappa shape index (κ2) is 7.72. The van der Waals surface area contributed by atoms with E-state index < -0.39 is 18.5 Å². The topological polar surface area (TPSA) is 68.3 Å². The highest BCUT2D eigenvalue weighted by Gasteiger charge is 2.14. The second-order valence-electron chi connectivity index (χ2n) is 5.58. The molecule has 1 heterocycles. The fraction of sp³-hybridized carbons (Fsp3) is 0.105. The third-order valence-electron chi connectivity index (χ3n) is 3.78. The summed E-state index contributed by atoms with van der Waals surface area (Å²) >= 11 is 12.0. The van der Waals surface area contributed by atoms with Crippen LogP contribution in [0.25, 0.3) is 10.8 Å². The summed E-state index contributed by atoms with van der Waals surface area (Å²) in [5.41, 5.74) is 0.974. The molecule has 2 aromatic carbocycles. The molecule has 0 aliphatic heterocycles. The summed E-state index contributed by atoms with van der Waals surface area (Å²) in [4.78, 5) is 28.1. The van der Waals surface area contributed by atoms with Crippen molar-refractivity contribution in [3.63, 3.8) is 0 Å². The number of pyridine rings is 1. The van der Waals surface area contributed by atoms with Gasteiger partial charge in [-0.1, -0.05) is 53.5 Å². The molecule has 0 saturated heterocycles. The SMILES string of the molecule is Cc1c(Cl)cnc(NC(=O)COC(=O)c2ccc3ccccc3c2)c1Cl. The van der Waals surface area contributed by atoms with Gasteiger partial charge in [0.15, 0.2) is 12.4 Å². The third-order valence-corrected chi connectivity index (χ3v) is 4.62. The van der Waals surface area contributed by atoms with Crippen molar-refractivity contribution in [3.05, 3.63) is 69.8 Å². The molecule has 26 heavy (non-hydrogen) atoms. The quantitative estimate of drug-likeness (QED) is 0.660. The molecule has 7 heteroatoms. The van der Waals surface area contributed by atoms with Crippen LogP contribution in [-0.2, 0) is 9.53 Å². The third kappa shape index (κ3) is 3.95. The minimum Gasteiger partial charge on any atom is -0.452 e. The molecule has 0 aliphatic carbocycles. The molecule has 0 spiro atoms.